The Hall–Kier alpha value is -1.39. The van der Waals surface area contributed by atoms with Crippen LogP contribution >= 0.6 is 0 Å². The van der Waals surface area contributed by atoms with E-state index in [9.17, 15) is 14.4 Å². The van der Waals surface area contributed by atoms with Gasteiger partial charge in [-0.2, -0.15) is 0 Å². The maximum atomic E-state index is 11.9. The highest BCUT2D eigenvalue weighted by Crippen LogP contribution is 2.48. The van der Waals surface area contributed by atoms with Gasteiger partial charge in [0.15, 0.2) is 5.78 Å². The van der Waals surface area contributed by atoms with E-state index in [2.05, 4.69) is 0 Å². The number of Topliss-reactive ketones (excluding diaryl/α,β-unsaturated/α-hetero) is 1. The Morgan fingerprint density at radius 3 is 2.11 bits per heavy atom. The van der Waals surface area contributed by atoms with E-state index in [4.69, 9.17) is 9.47 Å². The van der Waals surface area contributed by atoms with Crippen molar-refractivity contribution < 1.29 is 23.9 Å². The molecule has 0 aromatic heterocycles. The van der Waals surface area contributed by atoms with Crippen LogP contribution in [0.1, 0.15) is 47.0 Å². The molecule has 0 aromatic carbocycles. The molecule has 0 saturated heterocycles. The van der Waals surface area contributed by atoms with Crippen LogP contribution in [0.15, 0.2) is 0 Å². The number of carbonyl (C=O) groups excluding carboxylic acids is 3. The molecule has 0 bridgehead atoms. The molecule has 0 heterocycles. The molecule has 5 nitrogen and oxygen atoms in total. The number of hydrogen-bond acceptors (Lipinski definition) is 5. The van der Waals surface area contributed by atoms with Crippen molar-refractivity contribution >= 4 is 17.7 Å². The minimum Gasteiger partial charge on any atom is -0.465 e. The lowest BCUT2D eigenvalue weighted by Gasteiger charge is -2.20. The van der Waals surface area contributed by atoms with E-state index in [1.807, 2.05) is 0 Å². The van der Waals surface area contributed by atoms with Crippen molar-refractivity contribution in [2.75, 3.05) is 6.61 Å². The fourth-order valence-corrected chi connectivity index (χ4v) is 1.67. The van der Waals surface area contributed by atoms with E-state index in [-0.39, 0.29) is 13.0 Å². The summed E-state index contributed by atoms with van der Waals surface area (Å²) in [5.74, 6) is -1.50. The van der Waals surface area contributed by atoms with Gasteiger partial charge in [-0.05, 0) is 40.5 Å². The summed E-state index contributed by atoms with van der Waals surface area (Å²) in [7, 11) is 0. The first-order valence-electron chi connectivity index (χ1n) is 6.13. The zero-order chi connectivity index (χ0) is 14.0. The highest BCUT2D eigenvalue weighted by atomic mass is 16.6. The van der Waals surface area contributed by atoms with Crippen LogP contribution < -0.4 is 0 Å². The molecule has 1 saturated carbocycles. The Kier molecular flexibility index (Phi) is 4.14. The molecule has 0 amide bonds. The van der Waals surface area contributed by atoms with E-state index in [1.165, 1.54) is 0 Å². The van der Waals surface area contributed by atoms with Gasteiger partial charge in [-0.3, -0.25) is 14.4 Å². The highest BCUT2D eigenvalue weighted by molar-refractivity contribution is 6.11. The summed E-state index contributed by atoms with van der Waals surface area (Å²) in [6.07, 6.45) is 0.566. The predicted octanol–water partition coefficient (Wildman–Crippen LogP) is 1.63. The van der Waals surface area contributed by atoms with Crippen molar-refractivity contribution in [3.05, 3.63) is 0 Å². The zero-order valence-electron chi connectivity index (χ0n) is 11.4. The van der Waals surface area contributed by atoms with Gasteiger partial charge in [-0.25, -0.2) is 0 Å². The highest BCUT2D eigenvalue weighted by Gasteiger charge is 2.57. The summed E-state index contributed by atoms with van der Waals surface area (Å²) in [5.41, 5.74) is -1.70. The van der Waals surface area contributed by atoms with E-state index in [0.717, 1.165) is 0 Å². The summed E-state index contributed by atoms with van der Waals surface area (Å²) >= 11 is 0. The second kappa shape index (κ2) is 5.08. The molecule has 5 heteroatoms. The normalized spacial score (nSPS) is 16.9. The molecule has 18 heavy (non-hydrogen) atoms. The van der Waals surface area contributed by atoms with Crippen molar-refractivity contribution in [2.45, 2.75) is 52.6 Å². The number of carbonyl (C=O) groups is 3. The van der Waals surface area contributed by atoms with Crippen LogP contribution in [0.5, 0.6) is 0 Å². The summed E-state index contributed by atoms with van der Waals surface area (Å²) in [6, 6.07) is 0. The van der Waals surface area contributed by atoms with Gasteiger partial charge in [0.05, 0.1) is 6.61 Å². The summed E-state index contributed by atoms with van der Waals surface area (Å²) in [6.45, 7) is 7.11. The molecule has 1 aliphatic carbocycles. The SMILES string of the molecule is CCOC(=O)C1(C(=O)CC(=O)OC(C)(C)C)CC1. The maximum absolute atomic E-state index is 11.9. The second-order valence-electron chi connectivity index (χ2n) is 5.49. The molecule has 0 aliphatic heterocycles. The zero-order valence-corrected chi connectivity index (χ0v) is 11.4. The lowest BCUT2D eigenvalue weighted by molar-refractivity contribution is -0.159. The van der Waals surface area contributed by atoms with E-state index in [1.54, 1.807) is 27.7 Å². The van der Waals surface area contributed by atoms with Crippen LogP contribution in [0.3, 0.4) is 0 Å². The number of hydrogen-bond donors (Lipinski definition) is 0. The van der Waals surface area contributed by atoms with Gasteiger partial charge in [0.1, 0.15) is 17.4 Å². The van der Waals surface area contributed by atoms with E-state index >= 15 is 0 Å². The Labute approximate surface area is 107 Å². The van der Waals surface area contributed by atoms with Gasteiger partial charge in [0, 0.05) is 0 Å². The predicted molar refractivity (Wildman–Crippen MR) is 63.8 cm³/mol. The third-order valence-electron chi connectivity index (χ3n) is 2.67. The maximum Gasteiger partial charge on any atom is 0.319 e. The van der Waals surface area contributed by atoms with Gasteiger partial charge in [0.25, 0.3) is 0 Å². The Morgan fingerprint density at radius 2 is 1.72 bits per heavy atom. The number of esters is 2. The number of rotatable bonds is 5. The smallest absolute Gasteiger partial charge is 0.319 e. The van der Waals surface area contributed by atoms with Gasteiger partial charge >= 0.3 is 11.9 Å². The van der Waals surface area contributed by atoms with E-state index in [0.29, 0.717) is 12.8 Å². The molecule has 0 spiro atoms. The molecule has 0 radical (unpaired) electrons. The van der Waals surface area contributed by atoms with Crippen molar-refractivity contribution in [1.82, 2.24) is 0 Å². The molecule has 0 unspecified atom stereocenters. The largest absolute Gasteiger partial charge is 0.465 e. The first-order valence-corrected chi connectivity index (χ1v) is 6.13. The molecular weight excluding hydrogens is 236 g/mol. The van der Waals surface area contributed by atoms with Crippen LogP contribution in [0.4, 0.5) is 0 Å². The van der Waals surface area contributed by atoms with Crippen molar-refractivity contribution in [3.63, 3.8) is 0 Å². The molecule has 1 rings (SSSR count). The van der Waals surface area contributed by atoms with Crippen LogP contribution in [-0.2, 0) is 23.9 Å². The first kappa shape index (κ1) is 14.7. The average molecular weight is 256 g/mol. The minimum atomic E-state index is -1.08. The standard InChI is InChI=1S/C13H20O5/c1-5-17-11(16)13(6-7-13)9(14)8-10(15)18-12(2,3)4/h5-8H2,1-4H3. The first-order chi connectivity index (χ1) is 8.21. The third kappa shape index (κ3) is 3.55. The van der Waals surface area contributed by atoms with E-state index < -0.39 is 28.7 Å². The van der Waals surface area contributed by atoms with Crippen molar-refractivity contribution in [2.24, 2.45) is 5.41 Å². The lowest BCUT2D eigenvalue weighted by Crippen LogP contribution is -2.32. The van der Waals surface area contributed by atoms with Gasteiger partial charge in [0.2, 0.25) is 0 Å². The van der Waals surface area contributed by atoms with Crippen molar-refractivity contribution in [3.8, 4) is 0 Å². The molecule has 0 N–H and O–H groups in total. The molecule has 0 atom stereocenters. The number of ether oxygens (including phenoxy) is 2. The monoisotopic (exact) mass is 256 g/mol. The van der Waals surface area contributed by atoms with Gasteiger partial charge in [-0.15, -0.1) is 0 Å². The lowest BCUT2D eigenvalue weighted by atomic mass is 9.98. The summed E-state index contributed by atoms with van der Waals surface area (Å²) in [4.78, 5) is 35.1. The minimum absolute atomic E-state index is 0.236. The van der Waals surface area contributed by atoms with Crippen LogP contribution in [-0.4, -0.2) is 29.9 Å². The Morgan fingerprint density at radius 1 is 1.17 bits per heavy atom. The van der Waals surface area contributed by atoms with Crippen LogP contribution in [0.2, 0.25) is 0 Å². The van der Waals surface area contributed by atoms with Crippen LogP contribution in [0, 0.1) is 5.41 Å². The fourth-order valence-electron chi connectivity index (χ4n) is 1.67. The Balaban J connectivity index is 2.56. The third-order valence-corrected chi connectivity index (χ3v) is 2.67. The number of ketones is 1. The topological polar surface area (TPSA) is 69.7 Å². The van der Waals surface area contributed by atoms with Gasteiger partial charge < -0.3 is 9.47 Å². The summed E-state index contributed by atoms with van der Waals surface area (Å²) < 4.78 is 9.92. The quantitative estimate of drug-likeness (QED) is 0.552. The molecule has 1 fully saturated rings. The summed E-state index contributed by atoms with van der Waals surface area (Å²) in [5, 5.41) is 0. The molecular formula is C13H20O5. The Bertz CT molecular complexity index is 360. The van der Waals surface area contributed by atoms with Gasteiger partial charge in [-0.1, -0.05) is 0 Å². The molecule has 0 aromatic rings. The fraction of sp³-hybridized carbons (Fsp3) is 0.769. The van der Waals surface area contributed by atoms with Crippen LogP contribution in [0.25, 0.3) is 0 Å². The van der Waals surface area contributed by atoms with Crippen molar-refractivity contribution in [1.29, 1.82) is 0 Å². The molecule has 102 valence electrons. The average Bonchev–Trinajstić information content (AvgIpc) is 2.94. The molecule has 1 aliphatic rings. The second-order valence-corrected chi connectivity index (χ2v) is 5.49.